The molecule has 134 valence electrons. The highest BCUT2D eigenvalue weighted by Gasteiger charge is 2.34. The van der Waals surface area contributed by atoms with E-state index >= 15 is 0 Å². The van der Waals surface area contributed by atoms with Crippen LogP contribution in [0.1, 0.15) is 18.4 Å². The van der Waals surface area contributed by atoms with E-state index in [9.17, 15) is 14.0 Å². The third-order valence-corrected chi connectivity index (χ3v) is 5.37. The van der Waals surface area contributed by atoms with Crippen molar-refractivity contribution in [3.8, 4) is 5.75 Å². The van der Waals surface area contributed by atoms with Crippen molar-refractivity contribution in [1.29, 1.82) is 0 Å². The standard InChI is InChI=1S/C19H23FN2O3/c20-16-3-4-18-14(10-16)9-15(12-25-18)19(24)22-7-5-21(6-8-22)11-17(23)13-1-2-13/h3-4,10,13,15H,1-2,5-9,11-12H2/t15-/m1/s1. The Balaban J connectivity index is 1.31. The van der Waals surface area contributed by atoms with Crippen molar-refractivity contribution < 1.29 is 18.7 Å². The number of piperazine rings is 1. The van der Waals surface area contributed by atoms with Gasteiger partial charge in [0.15, 0.2) is 0 Å². The fourth-order valence-corrected chi connectivity index (χ4v) is 3.66. The topological polar surface area (TPSA) is 49.9 Å². The minimum absolute atomic E-state index is 0.0723. The van der Waals surface area contributed by atoms with Gasteiger partial charge in [0.1, 0.15) is 24.0 Å². The van der Waals surface area contributed by atoms with Crippen LogP contribution in [0, 0.1) is 17.7 Å². The molecule has 1 saturated carbocycles. The fraction of sp³-hybridized carbons (Fsp3) is 0.579. The Morgan fingerprint density at radius 2 is 1.88 bits per heavy atom. The van der Waals surface area contributed by atoms with Gasteiger partial charge in [-0.25, -0.2) is 4.39 Å². The predicted molar refractivity (Wildman–Crippen MR) is 89.8 cm³/mol. The normalized spacial score (nSPS) is 23.7. The Hall–Kier alpha value is -1.95. The number of hydrogen-bond donors (Lipinski definition) is 0. The number of Topliss-reactive ketones (excluding diaryl/α,β-unsaturated/α-hetero) is 1. The maximum absolute atomic E-state index is 13.4. The first kappa shape index (κ1) is 16.5. The Morgan fingerprint density at radius 3 is 2.60 bits per heavy atom. The molecule has 5 nitrogen and oxygen atoms in total. The van der Waals surface area contributed by atoms with E-state index in [1.165, 1.54) is 12.1 Å². The number of carbonyl (C=O) groups excluding carboxylic acids is 2. The van der Waals surface area contributed by atoms with Crippen LogP contribution in [0.4, 0.5) is 4.39 Å². The van der Waals surface area contributed by atoms with Gasteiger partial charge in [-0.2, -0.15) is 0 Å². The number of hydrogen-bond acceptors (Lipinski definition) is 4. The second-order valence-electron chi connectivity index (χ2n) is 7.31. The van der Waals surface area contributed by atoms with Gasteiger partial charge in [0.25, 0.3) is 0 Å². The quantitative estimate of drug-likeness (QED) is 0.829. The van der Waals surface area contributed by atoms with Crippen LogP contribution in [0.3, 0.4) is 0 Å². The highest BCUT2D eigenvalue weighted by atomic mass is 19.1. The zero-order valence-corrected chi connectivity index (χ0v) is 14.2. The van der Waals surface area contributed by atoms with Gasteiger partial charge in [0.05, 0.1) is 12.5 Å². The lowest BCUT2D eigenvalue weighted by atomic mass is 9.95. The molecule has 25 heavy (non-hydrogen) atoms. The second-order valence-corrected chi connectivity index (χ2v) is 7.31. The monoisotopic (exact) mass is 346 g/mol. The first-order chi connectivity index (χ1) is 12.1. The van der Waals surface area contributed by atoms with Crippen LogP contribution in [0.2, 0.25) is 0 Å². The van der Waals surface area contributed by atoms with Crippen molar-refractivity contribution in [1.82, 2.24) is 9.80 Å². The van der Waals surface area contributed by atoms with E-state index in [1.807, 2.05) is 4.90 Å². The fourth-order valence-electron chi connectivity index (χ4n) is 3.66. The van der Waals surface area contributed by atoms with Crippen LogP contribution in [-0.2, 0) is 16.0 Å². The van der Waals surface area contributed by atoms with Crippen molar-refractivity contribution in [2.24, 2.45) is 11.8 Å². The van der Waals surface area contributed by atoms with Gasteiger partial charge in [-0.3, -0.25) is 14.5 Å². The van der Waals surface area contributed by atoms with Gasteiger partial charge < -0.3 is 9.64 Å². The minimum atomic E-state index is -0.301. The Kier molecular flexibility index (Phi) is 4.46. The van der Waals surface area contributed by atoms with E-state index in [2.05, 4.69) is 4.90 Å². The molecule has 6 heteroatoms. The number of carbonyl (C=O) groups is 2. The lowest BCUT2D eigenvalue weighted by Gasteiger charge is -2.37. The summed E-state index contributed by atoms with van der Waals surface area (Å²) in [5, 5.41) is 0. The van der Waals surface area contributed by atoms with Gasteiger partial charge in [0.2, 0.25) is 5.91 Å². The van der Waals surface area contributed by atoms with Gasteiger partial charge in [0, 0.05) is 32.1 Å². The molecule has 1 saturated heterocycles. The van der Waals surface area contributed by atoms with Crippen molar-refractivity contribution in [2.75, 3.05) is 39.3 Å². The molecule has 0 radical (unpaired) electrons. The summed E-state index contributed by atoms with van der Waals surface area (Å²) in [5.74, 6) is 0.828. The zero-order chi connectivity index (χ0) is 17.4. The van der Waals surface area contributed by atoms with E-state index in [1.54, 1.807) is 6.07 Å². The predicted octanol–water partition coefficient (Wildman–Crippen LogP) is 1.50. The molecule has 1 aliphatic carbocycles. The van der Waals surface area contributed by atoms with Gasteiger partial charge in [-0.15, -0.1) is 0 Å². The van der Waals surface area contributed by atoms with Gasteiger partial charge in [-0.1, -0.05) is 0 Å². The molecular formula is C19H23FN2O3. The number of fused-ring (bicyclic) bond motifs is 1. The molecule has 0 spiro atoms. The summed E-state index contributed by atoms with van der Waals surface area (Å²) >= 11 is 0. The summed E-state index contributed by atoms with van der Waals surface area (Å²) in [4.78, 5) is 28.7. The van der Waals surface area contributed by atoms with Crippen molar-refractivity contribution in [3.63, 3.8) is 0 Å². The first-order valence-corrected chi connectivity index (χ1v) is 9.05. The molecule has 1 aromatic rings. The van der Waals surface area contributed by atoms with E-state index in [0.29, 0.717) is 50.1 Å². The molecule has 0 N–H and O–H groups in total. The van der Waals surface area contributed by atoms with Crippen LogP contribution >= 0.6 is 0 Å². The lowest BCUT2D eigenvalue weighted by Crippen LogP contribution is -2.52. The molecule has 2 aliphatic heterocycles. The molecule has 0 bridgehead atoms. The number of rotatable bonds is 4. The summed E-state index contributed by atoms with van der Waals surface area (Å²) in [6.45, 7) is 3.63. The van der Waals surface area contributed by atoms with E-state index < -0.39 is 0 Å². The number of benzene rings is 1. The summed E-state index contributed by atoms with van der Waals surface area (Å²) in [6, 6.07) is 4.46. The Bertz CT molecular complexity index is 681. The molecule has 1 aromatic carbocycles. The SMILES string of the molecule is O=C(CN1CCN(C(=O)[C@H]2COc3ccc(F)cc3C2)CC1)C1CC1. The average molecular weight is 346 g/mol. The van der Waals surface area contributed by atoms with Gasteiger partial charge >= 0.3 is 0 Å². The maximum Gasteiger partial charge on any atom is 0.229 e. The largest absolute Gasteiger partial charge is 0.492 e. The van der Waals surface area contributed by atoms with Crippen LogP contribution in [0.25, 0.3) is 0 Å². The number of ketones is 1. The molecule has 3 aliphatic rings. The molecule has 0 unspecified atom stereocenters. The van der Waals surface area contributed by atoms with Gasteiger partial charge in [-0.05, 0) is 43.0 Å². The number of amides is 1. The Morgan fingerprint density at radius 1 is 1.12 bits per heavy atom. The first-order valence-electron chi connectivity index (χ1n) is 9.05. The highest BCUT2D eigenvalue weighted by molar-refractivity contribution is 5.85. The summed E-state index contributed by atoms with van der Waals surface area (Å²) in [5.41, 5.74) is 0.762. The molecule has 4 rings (SSSR count). The number of ether oxygens (including phenoxy) is 1. The molecular weight excluding hydrogens is 323 g/mol. The van der Waals surface area contributed by atoms with Crippen LogP contribution in [0.5, 0.6) is 5.75 Å². The lowest BCUT2D eigenvalue weighted by molar-refractivity contribution is -0.138. The third-order valence-electron chi connectivity index (χ3n) is 5.37. The van der Waals surface area contributed by atoms with Crippen molar-refractivity contribution in [3.05, 3.63) is 29.6 Å². The third kappa shape index (κ3) is 3.68. The maximum atomic E-state index is 13.4. The van der Waals surface area contributed by atoms with Crippen LogP contribution < -0.4 is 4.74 Å². The second kappa shape index (κ2) is 6.75. The van der Waals surface area contributed by atoms with Crippen LogP contribution in [-0.4, -0.2) is 60.8 Å². The Labute approximate surface area is 146 Å². The number of nitrogens with zero attached hydrogens (tertiary/aromatic N) is 2. The van der Waals surface area contributed by atoms with Crippen LogP contribution in [0.15, 0.2) is 18.2 Å². The van der Waals surface area contributed by atoms with E-state index in [-0.39, 0.29) is 17.6 Å². The summed E-state index contributed by atoms with van der Waals surface area (Å²) in [7, 11) is 0. The van der Waals surface area contributed by atoms with Crippen molar-refractivity contribution >= 4 is 11.7 Å². The molecule has 1 atom stereocenters. The smallest absolute Gasteiger partial charge is 0.229 e. The molecule has 1 amide bonds. The summed E-state index contributed by atoms with van der Waals surface area (Å²) in [6.07, 6.45) is 2.61. The minimum Gasteiger partial charge on any atom is -0.492 e. The molecule has 0 aromatic heterocycles. The summed E-state index contributed by atoms with van der Waals surface area (Å²) < 4.78 is 19.0. The zero-order valence-electron chi connectivity index (χ0n) is 14.2. The van der Waals surface area contributed by atoms with Crippen molar-refractivity contribution in [2.45, 2.75) is 19.3 Å². The van der Waals surface area contributed by atoms with E-state index in [0.717, 1.165) is 31.5 Å². The average Bonchev–Trinajstić information content (AvgIpc) is 3.46. The molecule has 2 heterocycles. The highest BCUT2D eigenvalue weighted by Crippen LogP contribution is 2.30. The van der Waals surface area contributed by atoms with E-state index in [4.69, 9.17) is 4.74 Å². The number of halogens is 1. The molecule has 2 fully saturated rings.